The number of nitrogens with one attached hydrogen (secondary N) is 1. The second-order valence-corrected chi connectivity index (χ2v) is 9.95. The molecule has 166 valence electrons. The molecule has 0 aliphatic carbocycles. The Morgan fingerprint density at radius 3 is 2.29 bits per heavy atom. The van der Waals surface area contributed by atoms with Crippen LogP contribution in [0.1, 0.15) is 42.5 Å². The van der Waals surface area contributed by atoms with Gasteiger partial charge in [-0.05, 0) is 75.1 Å². The third kappa shape index (κ3) is 4.41. The van der Waals surface area contributed by atoms with Crippen LogP contribution in [0.4, 0.5) is 0 Å². The lowest BCUT2D eigenvalue weighted by atomic mass is 9.87. The fraction of sp³-hybridized carbons (Fsp3) is 0.364. The molecule has 0 fully saturated rings. The molecule has 9 heteroatoms. The largest absolute Gasteiger partial charge is 0.477 e. The molecule has 3 rings (SSSR count). The van der Waals surface area contributed by atoms with Crippen molar-refractivity contribution in [3.05, 3.63) is 51.5 Å². The van der Waals surface area contributed by atoms with Crippen molar-refractivity contribution >= 4 is 33.5 Å². The minimum atomic E-state index is -4.08. The predicted molar refractivity (Wildman–Crippen MR) is 116 cm³/mol. The lowest BCUT2D eigenvalue weighted by Gasteiger charge is -2.36. The number of halogens is 1. The zero-order chi connectivity index (χ0) is 23.1. The van der Waals surface area contributed by atoms with Crippen LogP contribution in [0.2, 0.25) is 5.02 Å². The molecular formula is C22H24ClNO6S. The maximum atomic E-state index is 13.0. The van der Waals surface area contributed by atoms with E-state index < -0.39 is 27.5 Å². The number of sulfonamides is 1. The number of hydrogen-bond donors (Lipinski definition) is 1. The number of ether oxygens (including phenoxy) is 2. The van der Waals surface area contributed by atoms with Gasteiger partial charge >= 0.3 is 5.97 Å². The smallest absolute Gasteiger partial charge is 0.308 e. The molecular weight excluding hydrogens is 442 g/mol. The second-order valence-electron chi connectivity index (χ2n) is 7.83. The molecule has 0 saturated carbocycles. The van der Waals surface area contributed by atoms with Gasteiger partial charge in [-0.3, -0.25) is 9.59 Å². The summed E-state index contributed by atoms with van der Waals surface area (Å²) >= 11 is 5.81. The summed E-state index contributed by atoms with van der Waals surface area (Å²) in [7, 11) is -4.08. The Morgan fingerprint density at radius 1 is 1.10 bits per heavy atom. The van der Waals surface area contributed by atoms with E-state index >= 15 is 0 Å². The first-order valence-electron chi connectivity index (χ1n) is 9.68. The summed E-state index contributed by atoms with van der Waals surface area (Å²) in [5.41, 5.74) is 1.68. The molecule has 1 atom stereocenters. The van der Waals surface area contributed by atoms with Gasteiger partial charge in [0.25, 0.3) is 15.9 Å². The quantitative estimate of drug-likeness (QED) is 0.545. The van der Waals surface area contributed by atoms with E-state index in [0.29, 0.717) is 22.9 Å². The van der Waals surface area contributed by atoms with Crippen LogP contribution in [0.25, 0.3) is 0 Å². The van der Waals surface area contributed by atoms with Gasteiger partial charge in [0.15, 0.2) is 5.60 Å². The average Bonchev–Trinajstić information content (AvgIpc) is 2.69. The summed E-state index contributed by atoms with van der Waals surface area (Å²) in [5.74, 6) is -0.171. The Kier molecular flexibility index (Phi) is 6.08. The van der Waals surface area contributed by atoms with Crippen LogP contribution in [0.5, 0.6) is 11.5 Å². The molecule has 1 aliphatic heterocycles. The number of hydrogen-bond acceptors (Lipinski definition) is 6. The number of benzene rings is 2. The molecule has 1 aliphatic rings. The van der Waals surface area contributed by atoms with Crippen LogP contribution in [0.3, 0.4) is 0 Å². The Bertz CT molecular complexity index is 1170. The highest BCUT2D eigenvalue weighted by Gasteiger charge is 2.42. The summed E-state index contributed by atoms with van der Waals surface area (Å²) in [4.78, 5) is 24.4. The Morgan fingerprint density at radius 2 is 1.71 bits per heavy atom. The van der Waals surface area contributed by atoms with Crippen molar-refractivity contribution in [1.29, 1.82) is 0 Å². The molecule has 31 heavy (non-hydrogen) atoms. The zero-order valence-corrected chi connectivity index (χ0v) is 19.5. The average molecular weight is 466 g/mol. The highest BCUT2D eigenvalue weighted by Crippen LogP contribution is 2.44. The Labute approximate surface area is 186 Å². The van der Waals surface area contributed by atoms with E-state index in [9.17, 15) is 18.0 Å². The molecule has 0 spiro atoms. The highest BCUT2D eigenvalue weighted by atomic mass is 35.5. The summed E-state index contributed by atoms with van der Waals surface area (Å²) < 4.78 is 38.9. The molecule has 0 aromatic heterocycles. The van der Waals surface area contributed by atoms with E-state index in [-0.39, 0.29) is 11.3 Å². The van der Waals surface area contributed by atoms with E-state index in [1.54, 1.807) is 13.8 Å². The van der Waals surface area contributed by atoms with Gasteiger partial charge in [-0.15, -0.1) is 0 Å². The second kappa shape index (κ2) is 8.16. The molecule has 1 unspecified atom stereocenters. The van der Waals surface area contributed by atoms with Gasteiger partial charge in [0.05, 0.1) is 4.90 Å². The van der Waals surface area contributed by atoms with Gasteiger partial charge in [0, 0.05) is 23.9 Å². The van der Waals surface area contributed by atoms with Crippen molar-refractivity contribution in [2.24, 2.45) is 0 Å². The Balaban J connectivity index is 1.92. The van der Waals surface area contributed by atoms with E-state index in [4.69, 9.17) is 21.1 Å². The van der Waals surface area contributed by atoms with Crippen LogP contribution in [0.15, 0.2) is 29.2 Å². The maximum Gasteiger partial charge on any atom is 0.308 e. The minimum Gasteiger partial charge on any atom is -0.477 e. The van der Waals surface area contributed by atoms with Crippen molar-refractivity contribution in [3.63, 3.8) is 0 Å². The summed E-state index contributed by atoms with van der Waals surface area (Å²) in [6, 6.07) is 5.52. The van der Waals surface area contributed by atoms with Crippen molar-refractivity contribution in [2.45, 2.75) is 58.0 Å². The number of esters is 1. The van der Waals surface area contributed by atoms with Gasteiger partial charge in [-0.25, -0.2) is 13.1 Å². The molecule has 0 bridgehead atoms. The SMILES string of the molecule is CC(=O)Oc1c(C)c(C)c2c(c1C)CCC(C)(C(=O)NS(=O)(=O)c1ccc(Cl)cc1)O2. The fourth-order valence-electron chi connectivity index (χ4n) is 3.59. The van der Waals surface area contributed by atoms with Gasteiger partial charge in [0.1, 0.15) is 11.5 Å². The molecule has 1 N–H and O–H groups in total. The predicted octanol–water partition coefficient (Wildman–Crippen LogP) is 3.78. The number of fused-ring (bicyclic) bond motifs is 1. The number of carbonyl (C=O) groups excluding carboxylic acids is 2. The molecule has 0 saturated heterocycles. The first kappa shape index (κ1) is 23.1. The van der Waals surface area contributed by atoms with Crippen LogP contribution in [-0.2, 0) is 26.0 Å². The van der Waals surface area contributed by atoms with E-state index in [0.717, 1.165) is 22.3 Å². The fourth-order valence-corrected chi connectivity index (χ4v) is 4.79. The lowest BCUT2D eigenvalue weighted by molar-refractivity contribution is -0.135. The van der Waals surface area contributed by atoms with Gasteiger partial charge in [-0.1, -0.05) is 11.6 Å². The standard InChI is InChI=1S/C22H24ClNO6S/c1-12-13(2)20-18(14(3)19(12)29-15(4)25)10-11-22(5,30-20)21(26)24-31(27,28)17-8-6-16(23)7-9-17/h6-9H,10-11H2,1-5H3,(H,24,26). The lowest BCUT2D eigenvalue weighted by Crippen LogP contribution is -2.52. The maximum absolute atomic E-state index is 13.0. The topological polar surface area (TPSA) is 98.8 Å². The van der Waals surface area contributed by atoms with Crippen LogP contribution < -0.4 is 14.2 Å². The van der Waals surface area contributed by atoms with Crippen LogP contribution in [0, 0.1) is 20.8 Å². The monoisotopic (exact) mass is 465 g/mol. The number of carbonyl (C=O) groups is 2. The normalized spacial score (nSPS) is 18.0. The van der Waals surface area contributed by atoms with E-state index in [1.807, 2.05) is 13.8 Å². The number of amides is 1. The molecule has 1 amide bonds. The zero-order valence-electron chi connectivity index (χ0n) is 18.0. The summed E-state index contributed by atoms with van der Waals surface area (Å²) in [6.07, 6.45) is 0.715. The van der Waals surface area contributed by atoms with Gasteiger partial charge < -0.3 is 9.47 Å². The van der Waals surface area contributed by atoms with Gasteiger partial charge in [-0.2, -0.15) is 0 Å². The molecule has 0 radical (unpaired) electrons. The van der Waals surface area contributed by atoms with Crippen LogP contribution in [-0.4, -0.2) is 25.9 Å². The molecule has 2 aromatic rings. The molecule has 1 heterocycles. The van der Waals surface area contributed by atoms with Gasteiger partial charge in [0.2, 0.25) is 0 Å². The third-order valence-corrected chi connectivity index (χ3v) is 7.17. The van der Waals surface area contributed by atoms with E-state index in [2.05, 4.69) is 4.72 Å². The molecule has 7 nitrogen and oxygen atoms in total. The van der Waals surface area contributed by atoms with Crippen molar-refractivity contribution in [2.75, 3.05) is 0 Å². The third-order valence-electron chi connectivity index (χ3n) is 5.57. The van der Waals surface area contributed by atoms with Crippen molar-refractivity contribution in [3.8, 4) is 11.5 Å². The van der Waals surface area contributed by atoms with Crippen LogP contribution >= 0.6 is 11.6 Å². The minimum absolute atomic E-state index is 0.0704. The highest BCUT2D eigenvalue weighted by molar-refractivity contribution is 7.90. The van der Waals surface area contributed by atoms with Crippen molar-refractivity contribution < 1.29 is 27.5 Å². The molecule has 2 aromatic carbocycles. The number of rotatable bonds is 4. The summed E-state index contributed by atoms with van der Waals surface area (Å²) in [5, 5.41) is 0.388. The first-order valence-corrected chi connectivity index (χ1v) is 11.5. The van der Waals surface area contributed by atoms with Crippen molar-refractivity contribution in [1.82, 2.24) is 4.72 Å². The Hall–Kier alpha value is -2.58. The van der Waals surface area contributed by atoms with E-state index in [1.165, 1.54) is 31.2 Å². The summed E-state index contributed by atoms with van der Waals surface area (Å²) in [6.45, 7) is 8.36. The first-order chi connectivity index (χ1) is 14.4.